The highest BCUT2D eigenvalue weighted by Crippen LogP contribution is 2.09. The molecule has 0 bridgehead atoms. The number of hydrogen-bond donors (Lipinski definition) is 1. The summed E-state index contributed by atoms with van der Waals surface area (Å²) < 4.78 is 0. The van der Waals surface area contributed by atoms with Crippen molar-refractivity contribution in [3.8, 4) is 0 Å². The van der Waals surface area contributed by atoms with Gasteiger partial charge in [-0.3, -0.25) is 9.78 Å². The minimum atomic E-state index is 0.0471. The highest BCUT2D eigenvalue weighted by Gasteiger charge is 2.01. The van der Waals surface area contributed by atoms with E-state index >= 15 is 0 Å². The van der Waals surface area contributed by atoms with Gasteiger partial charge in [-0.2, -0.15) is 0 Å². The summed E-state index contributed by atoms with van der Waals surface area (Å²) in [4.78, 5) is 18.6. The minimum Gasteiger partial charge on any atom is -0.359 e. The Morgan fingerprint density at radius 2 is 2.31 bits per heavy atom. The molecule has 0 aromatic carbocycles. The molecule has 0 aliphatic carbocycles. The molecule has 0 aliphatic rings. The van der Waals surface area contributed by atoms with Crippen molar-refractivity contribution in [2.24, 2.45) is 0 Å². The number of aromatic amines is 1. The Morgan fingerprint density at radius 3 is 3.08 bits per heavy atom. The molecular formula is C10H10N2O. The van der Waals surface area contributed by atoms with E-state index in [1.807, 2.05) is 6.92 Å². The Morgan fingerprint density at radius 1 is 1.46 bits per heavy atom. The van der Waals surface area contributed by atoms with Crippen LogP contribution in [0.3, 0.4) is 0 Å². The zero-order valence-electron chi connectivity index (χ0n) is 7.37. The van der Waals surface area contributed by atoms with Gasteiger partial charge in [-0.1, -0.05) is 6.92 Å². The van der Waals surface area contributed by atoms with Crippen molar-refractivity contribution in [2.45, 2.75) is 13.3 Å². The summed E-state index contributed by atoms with van der Waals surface area (Å²) in [6, 6.07) is 3.27. The summed E-state index contributed by atoms with van der Waals surface area (Å²) in [5, 5.41) is 0.717. The van der Waals surface area contributed by atoms with Crippen LogP contribution >= 0.6 is 0 Å². The third kappa shape index (κ3) is 1.22. The van der Waals surface area contributed by atoms with Gasteiger partial charge in [-0.15, -0.1) is 0 Å². The third-order valence-corrected chi connectivity index (χ3v) is 2.09. The molecular weight excluding hydrogens is 164 g/mol. The maximum absolute atomic E-state index is 11.4. The second-order valence-electron chi connectivity index (χ2n) is 2.88. The largest absolute Gasteiger partial charge is 0.359 e. The van der Waals surface area contributed by atoms with Crippen LogP contribution in [0.4, 0.5) is 0 Å². The van der Waals surface area contributed by atoms with Crippen LogP contribution in [0.5, 0.6) is 0 Å². The SMILES string of the molecule is CCc1nccc2c(=O)cc[nH]c12. The summed E-state index contributed by atoms with van der Waals surface area (Å²) in [6.07, 6.45) is 4.17. The van der Waals surface area contributed by atoms with Crippen LogP contribution in [0.2, 0.25) is 0 Å². The quantitative estimate of drug-likeness (QED) is 0.711. The first kappa shape index (κ1) is 7.98. The Hall–Kier alpha value is -1.64. The average Bonchev–Trinajstić information content (AvgIpc) is 2.18. The lowest BCUT2D eigenvalue weighted by atomic mass is 10.2. The topological polar surface area (TPSA) is 45.8 Å². The van der Waals surface area contributed by atoms with Crippen LogP contribution in [-0.4, -0.2) is 9.97 Å². The van der Waals surface area contributed by atoms with Crippen LogP contribution in [-0.2, 0) is 6.42 Å². The first-order valence-electron chi connectivity index (χ1n) is 4.28. The molecule has 2 aromatic heterocycles. The molecule has 0 atom stereocenters. The number of fused-ring (bicyclic) bond motifs is 1. The van der Waals surface area contributed by atoms with E-state index in [9.17, 15) is 4.79 Å². The van der Waals surface area contributed by atoms with Gasteiger partial charge < -0.3 is 4.98 Å². The first-order chi connectivity index (χ1) is 6.33. The lowest BCUT2D eigenvalue weighted by Gasteiger charge is -2.00. The van der Waals surface area contributed by atoms with Crippen molar-refractivity contribution in [2.75, 3.05) is 0 Å². The van der Waals surface area contributed by atoms with Gasteiger partial charge in [0.25, 0.3) is 0 Å². The van der Waals surface area contributed by atoms with Gasteiger partial charge in [0, 0.05) is 23.8 Å². The van der Waals surface area contributed by atoms with Crippen LogP contribution in [0.25, 0.3) is 10.9 Å². The fourth-order valence-electron chi connectivity index (χ4n) is 1.43. The number of H-pyrrole nitrogens is 1. The molecule has 0 aliphatic heterocycles. The summed E-state index contributed by atoms with van der Waals surface area (Å²) in [6.45, 7) is 2.02. The smallest absolute Gasteiger partial charge is 0.189 e. The second kappa shape index (κ2) is 3.01. The van der Waals surface area contributed by atoms with E-state index in [0.29, 0.717) is 5.39 Å². The van der Waals surface area contributed by atoms with Crippen LogP contribution in [0.1, 0.15) is 12.6 Å². The molecule has 3 heteroatoms. The summed E-state index contributed by atoms with van der Waals surface area (Å²) in [5.74, 6) is 0. The number of hydrogen-bond acceptors (Lipinski definition) is 2. The van der Waals surface area contributed by atoms with Gasteiger partial charge in [0.05, 0.1) is 11.2 Å². The molecule has 2 rings (SSSR count). The van der Waals surface area contributed by atoms with Gasteiger partial charge in [0.1, 0.15) is 0 Å². The number of aryl methyl sites for hydroxylation is 1. The summed E-state index contributed by atoms with van der Waals surface area (Å²) >= 11 is 0. The van der Waals surface area contributed by atoms with Crippen molar-refractivity contribution >= 4 is 10.9 Å². The predicted octanol–water partition coefficient (Wildman–Crippen LogP) is 1.49. The summed E-state index contributed by atoms with van der Waals surface area (Å²) in [7, 11) is 0. The number of rotatable bonds is 1. The Labute approximate surface area is 75.4 Å². The Kier molecular flexibility index (Phi) is 1.85. The molecule has 0 spiro atoms. The molecule has 1 N–H and O–H groups in total. The predicted molar refractivity (Wildman–Crippen MR) is 51.7 cm³/mol. The Bertz CT molecular complexity index is 487. The zero-order valence-corrected chi connectivity index (χ0v) is 7.37. The fraction of sp³-hybridized carbons (Fsp3) is 0.200. The van der Waals surface area contributed by atoms with Crippen molar-refractivity contribution in [1.29, 1.82) is 0 Å². The number of aromatic nitrogens is 2. The van der Waals surface area contributed by atoms with Crippen molar-refractivity contribution < 1.29 is 0 Å². The lowest BCUT2D eigenvalue weighted by Crippen LogP contribution is -2.02. The van der Waals surface area contributed by atoms with Gasteiger partial charge >= 0.3 is 0 Å². The minimum absolute atomic E-state index is 0.0471. The normalized spacial score (nSPS) is 10.5. The number of nitrogens with zero attached hydrogens (tertiary/aromatic N) is 1. The first-order valence-corrected chi connectivity index (χ1v) is 4.28. The number of pyridine rings is 2. The molecule has 0 saturated carbocycles. The lowest BCUT2D eigenvalue weighted by molar-refractivity contribution is 1.04. The van der Waals surface area contributed by atoms with Crippen LogP contribution < -0.4 is 5.43 Å². The monoisotopic (exact) mass is 174 g/mol. The van der Waals surface area contributed by atoms with Crippen molar-refractivity contribution in [3.63, 3.8) is 0 Å². The molecule has 2 heterocycles. The van der Waals surface area contributed by atoms with Gasteiger partial charge in [-0.25, -0.2) is 0 Å². The van der Waals surface area contributed by atoms with E-state index in [-0.39, 0.29) is 5.43 Å². The second-order valence-corrected chi connectivity index (χ2v) is 2.88. The molecule has 66 valence electrons. The fourth-order valence-corrected chi connectivity index (χ4v) is 1.43. The average molecular weight is 174 g/mol. The maximum atomic E-state index is 11.4. The zero-order chi connectivity index (χ0) is 9.26. The molecule has 0 unspecified atom stereocenters. The third-order valence-electron chi connectivity index (χ3n) is 2.09. The molecule has 13 heavy (non-hydrogen) atoms. The van der Waals surface area contributed by atoms with Gasteiger partial charge in [0.2, 0.25) is 0 Å². The Balaban J connectivity index is 2.92. The standard InChI is InChI=1S/C10H10N2O/c1-2-8-10-7(3-5-11-8)9(13)4-6-12-10/h3-6H,2H2,1H3,(H,12,13). The molecule has 0 radical (unpaired) electrons. The molecule has 0 saturated heterocycles. The molecule has 0 fully saturated rings. The molecule has 2 aromatic rings. The van der Waals surface area contributed by atoms with Crippen molar-refractivity contribution in [1.82, 2.24) is 9.97 Å². The highest BCUT2D eigenvalue weighted by molar-refractivity contribution is 5.79. The van der Waals surface area contributed by atoms with Gasteiger partial charge in [0.15, 0.2) is 5.43 Å². The van der Waals surface area contributed by atoms with Gasteiger partial charge in [-0.05, 0) is 12.5 Å². The maximum Gasteiger partial charge on any atom is 0.189 e. The van der Waals surface area contributed by atoms with E-state index in [1.165, 1.54) is 6.07 Å². The van der Waals surface area contributed by atoms with E-state index in [0.717, 1.165) is 17.6 Å². The van der Waals surface area contributed by atoms with Crippen LogP contribution in [0, 0.1) is 0 Å². The highest BCUT2D eigenvalue weighted by atomic mass is 16.1. The number of nitrogens with one attached hydrogen (secondary N) is 1. The van der Waals surface area contributed by atoms with Crippen molar-refractivity contribution in [3.05, 3.63) is 40.4 Å². The van der Waals surface area contributed by atoms with E-state index in [1.54, 1.807) is 18.5 Å². The van der Waals surface area contributed by atoms with E-state index in [2.05, 4.69) is 9.97 Å². The summed E-state index contributed by atoms with van der Waals surface area (Å²) in [5.41, 5.74) is 1.85. The molecule has 0 amide bonds. The van der Waals surface area contributed by atoms with E-state index in [4.69, 9.17) is 0 Å². The molecule has 3 nitrogen and oxygen atoms in total. The van der Waals surface area contributed by atoms with Crippen LogP contribution in [0.15, 0.2) is 29.3 Å². The van der Waals surface area contributed by atoms with E-state index < -0.39 is 0 Å².